The van der Waals surface area contributed by atoms with Gasteiger partial charge in [0.2, 0.25) is 5.28 Å². The minimum Gasteiger partial charge on any atom is -0.340 e. The maximum Gasteiger partial charge on any atom is 0.225 e. The van der Waals surface area contributed by atoms with E-state index in [1.807, 2.05) is 30.3 Å². The number of halogens is 1. The molecule has 0 amide bonds. The number of hydrogen-bond donors (Lipinski definition) is 1. The highest BCUT2D eigenvalue weighted by molar-refractivity contribution is 7.17. The van der Waals surface area contributed by atoms with Gasteiger partial charge in [-0.1, -0.05) is 48.0 Å². The van der Waals surface area contributed by atoms with Crippen molar-refractivity contribution in [2.75, 3.05) is 5.32 Å². The quantitative estimate of drug-likeness (QED) is 0.455. The first-order chi connectivity index (χ1) is 11.7. The third kappa shape index (κ3) is 2.86. The number of hydrogen-bond acceptors (Lipinski definition) is 4. The summed E-state index contributed by atoms with van der Waals surface area (Å²) in [5.41, 5.74) is 4.47. The maximum absolute atomic E-state index is 6.11. The highest BCUT2D eigenvalue weighted by atomic mass is 35.5. The second kappa shape index (κ2) is 6.23. The molecule has 118 valence electrons. The van der Waals surface area contributed by atoms with Crippen molar-refractivity contribution in [2.24, 2.45) is 0 Å². The fraction of sp³-hybridized carbons (Fsp3) is 0.0526. The number of nitrogens with one attached hydrogen (secondary N) is 1. The SMILES string of the molecule is Cc1ccc(-c2csc3nc(Cl)nc(Nc4ccccc4)c23)cc1. The van der Waals surface area contributed by atoms with Crippen molar-refractivity contribution in [3.8, 4) is 11.1 Å². The Hall–Kier alpha value is -2.43. The van der Waals surface area contributed by atoms with E-state index in [1.165, 1.54) is 5.56 Å². The molecule has 0 saturated carbocycles. The number of anilines is 2. The molecule has 0 fully saturated rings. The lowest BCUT2D eigenvalue weighted by atomic mass is 10.0. The largest absolute Gasteiger partial charge is 0.340 e. The second-order valence-corrected chi connectivity index (χ2v) is 6.72. The molecule has 0 saturated heterocycles. The van der Waals surface area contributed by atoms with Gasteiger partial charge in [0.15, 0.2) is 0 Å². The van der Waals surface area contributed by atoms with E-state index in [0.717, 1.165) is 32.8 Å². The first-order valence-corrected chi connectivity index (χ1v) is 8.80. The summed E-state index contributed by atoms with van der Waals surface area (Å²) in [5, 5.41) is 6.72. The number of thiophene rings is 1. The van der Waals surface area contributed by atoms with Gasteiger partial charge in [-0.3, -0.25) is 0 Å². The van der Waals surface area contributed by atoms with Crippen LogP contribution in [-0.2, 0) is 0 Å². The van der Waals surface area contributed by atoms with Crippen LogP contribution in [-0.4, -0.2) is 9.97 Å². The molecule has 2 aromatic carbocycles. The average molecular weight is 352 g/mol. The molecule has 0 spiro atoms. The van der Waals surface area contributed by atoms with E-state index in [0.29, 0.717) is 0 Å². The highest BCUT2D eigenvalue weighted by Crippen LogP contribution is 2.38. The van der Waals surface area contributed by atoms with Gasteiger partial charge in [0.05, 0.1) is 5.39 Å². The summed E-state index contributed by atoms with van der Waals surface area (Å²) >= 11 is 7.69. The molecule has 3 nitrogen and oxygen atoms in total. The van der Waals surface area contributed by atoms with Gasteiger partial charge >= 0.3 is 0 Å². The molecule has 0 bridgehead atoms. The standard InChI is InChI=1S/C19H14ClN3S/c1-12-7-9-13(10-8-12)15-11-24-18-16(15)17(22-19(20)23-18)21-14-5-3-2-4-6-14/h2-11H,1H3,(H,21,22,23). The van der Waals surface area contributed by atoms with Crippen LogP contribution in [0.5, 0.6) is 0 Å². The number of para-hydroxylation sites is 1. The molecule has 2 aromatic heterocycles. The van der Waals surface area contributed by atoms with Gasteiger partial charge < -0.3 is 5.32 Å². The second-order valence-electron chi connectivity index (χ2n) is 5.53. The molecular weight excluding hydrogens is 338 g/mol. The first-order valence-electron chi connectivity index (χ1n) is 7.54. The molecule has 0 radical (unpaired) electrons. The van der Waals surface area contributed by atoms with Crippen LogP contribution in [0, 0.1) is 6.92 Å². The van der Waals surface area contributed by atoms with Gasteiger partial charge in [-0.05, 0) is 36.2 Å². The Balaban J connectivity index is 1.89. The molecule has 4 rings (SSSR count). The Labute approximate surface area is 149 Å². The molecule has 0 aliphatic carbocycles. The van der Waals surface area contributed by atoms with Crippen LogP contribution in [0.3, 0.4) is 0 Å². The van der Waals surface area contributed by atoms with E-state index < -0.39 is 0 Å². The normalized spacial score (nSPS) is 10.9. The molecule has 5 heteroatoms. The van der Waals surface area contributed by atoms with Crippen molar-refractivity contribution in [3.63, 3.8) is 0 Å². The van der Waals surface area contributed by atoms with E-state index in [-0.39, 0.29) is 5.28 Å². The monoisotopic (exact) mass is 351 g/mol. The zero-order valence-corrected chi connectivity index (χ0v) is 14.5. The Morgan fingerprint density at radius 2 is 1.71 bits per heavy atom. The molecular formula is C19H14ClN3S. The van der Waals surface area contributed by atoms with Crippen LogP contribution in [0.15, 0.2) is 60.0 Å². The maximum atomic E-state index is 6.11. The number of rotatable bonds is 3. The summed E-state index contributed by atoms with van der Waals surface area (Å²) in [6.07, 6.45) is 0. The molecule has 0 unspecified atom stereocenters. The summed E-state index contributed by atoms with van der Waals surface area (Å²) in [7, 11) is 0. The molecule has 2 heterocycles. The molecule has 4 aromatic rings. The van der Waals surface area contributed by atoms with Crippen molar-refractivity contribution in [3.05, 3.63) is 70.8 Å². The number of aryl methyl sites for hydroxylation is 1. The van der Waals surface area contributed by atoms with Crippen LogP contribution >= 0.6 is 22.9 Å². The molecule has 24 heavy (non-hydrogen) atoms. The predicted octanol–water partition coefficient (Wildman–Crippen LogP) is 6.06. The Morgan fingerprint density at radius 1 is 0.958 bits per heavy atom. The van der Waals surface area contributed by atoms with Crippen LogP contribution in [0.25, 0.3) is 21.3 Å². The fourth-order valence-corrected chi connectivity index (χ4v) is 3.78. The van der Waals surface area contributed by atoms with E-state index in [9.17, 15) is 0 Å². The van der Waals surface area contributed by atoms with E-state index in [4.69, 9.17) is 11.6 Å². The Bertz CT molecular complexity index is 994. The first kappa shape index (κ1) is 15.1. The molecule has 0 atom stereocenters. The molecule has 0 aliphatic rings. The van der Waals surface area contributed by atoms with Gasteiger partial charge in [-0.25, -0.2) is 4.98 Å². The van der Waals surface area contributed by atoms with Crippen molar-refractivity contribution >= 4 is 44.7 Å². The minimum absolute atomic E-state index is 0.248. The van der Waals surface area contributed by atoms with Gasteiger partial charge in [-0.15, -0.1) is 11.3 Å². The summed E-state index contributed by atoms with van der Waals surface area (Å²) in [5.74, 6) is 0.730. The van der Waals surface area contributed by atoms with Crippen LogP contribution in [0.4, 0.5) is 11.5 Å². The topological polar surface area (TPSA) is 37.8 Å². The smallest absolute Gasteiger partial charge is 0.225 e. The van der Waals surface area contributed by atoms with Gasteiger partial charge in [0.25, 0.3) is 0 Å². The third-order valence-electron chi connectivity index (χ3n) is 3.81. The lowest BCUT2D eigenvalue weighted by Gasteiger charge is -2.09. The molecule has 1 N–H and O–H groups in total. The third-order valence-corrected chi connectivity index (χ3v) is 4.85. The van der Waals surface area contributed by atoms with Crippen molar-refractivity contribution in [1.29, 1.82) is 0 Å². The van der Waals surface area contributed by atoms with E-state index >= 15 is 0 Å². The highest BCUT2D eigenvalue weighted by Gasteiger charge is 2.15. The number of benzene rings is 2. The van der Waals surface area contributed by atoms with Gasteiger partial charge in [0, 0.05) is 16.6 Å². The molecule has 0 aliphatic heterocycles. The van der Waals surface area contributed by atoms with Crippen LogP contribution < -0.4 is 5.32 Å². The predicted molar refractivity (Wildman–Crippen MR) is 102 cm³/mol. The van der Waals surface area contributed by atoms with Crippen LogP contribution in [0.2, 0.25) is 5.28 Å². The van der Waals surface area contributed by atoms with E-state index in [1.54, 1.807) is 11.3 Å². The summed E-state index contributed by atoms with van der Waals surface area (Å²) in [6.45, 7) is 2.08. The lowest BCUT2D eigenvalue weighted by Crippen LogP contribution is -1.96. The summed E-state index contributed by atoms with van der Waals surface area (Å²) < 4.78 is 0. The summed E-state index contributed by atoms with van der Waals surface area (Å²) in [4.78, 5) is 9.68. The lowest BCUT2D eigenvalue weighted by molar-refractivity contribution is 1.23. The average Bonchev–Trinajstić information content (AvgIpc) is 3.00. The number of fused-ring (bicyclic) bond motifs is 1. The van der Waals surface area contributed by atoms with Gasteiger partial charge in [-0.2, -0.15) is 4.98 Å². The van der Waals surface area contributed by atoms with Crippen molar-refractivity contribution in [1.82, 2.24) is 9.97 Å². The Morgan fingerprint density at radius 3 is 2.46 bits per heavy atom. The zero-order chi connectivity index (χ0) is 16.5. The van der Waals surface area contributed by atoms with Crippen LogP contribution in [0.1, 0.15) is 5.56 Å². The fourth-order valence-electron chi connectivity index (χ4n) is 2.61. The van der Waals surface area contributed by atoms with Crippen molar-refractivity contribution in [2.45, 2.75) is 6.92 Å². The zero-order valence-electron chi connectivity index (χ0n) is 13.0. The Kier molecular flexibility index (Phi) is 3.92. The van der Waals surface area contributed by atoms with Crippen molar-refractivity contribution < 1.29 is 0 Å². The van der Waals surface area contributed by atoms with E-state index in [2.05, 4.69) is 51.9 Å². The number of aromatic nitrogens is 2. The minimum atomic E-state index is 0.248. The number of nitrogens with zero attached hydrogens (tertiary/aromatic N) is 2. The summed E-state index contributed by atoms with van der Waals surface area (Å²) in [6, 6.07) is 18.4. The van der Waals surface area contributed by atoms with Gasteiger partial charge in [0.1, 0.15) is 10.6 Å².